The third-order valence-corrected chi connectivity index (χ3v) is 3.10. The zero-order valence-corrected chi connectivity index (χ0v) is 11.4. The number of hydrogen-bond donors (Lipinski definition) is 1. The predicted molar refractivity (Wildman–Crippen MR) is 70.7 cm³/mol. The topological polar surface area (TPSA) is 61.0 Å². The first-order valence-corrected chi connectivity index (χ1v) is 6.01. The van der Waals surface area contributed by atoms with E-state index in [9.17, 15) is 0 Å². The summed E-state index contributed by atoms with van der Waals surface area (Å²) < 4.78 is 6.20. The van der Waals surface area contributed by atoms with Crippen LogP contribution >= 0.6 is 39.1 Å². The molecule has 0 unspecified atom stereocenters. The van der Waals surface area contributed by atoms with E-state index in [1.807, 2.05) is 0 Å². The molecule has 0 amide bonds. The van der Waals surface area contributed by atoms with Gasteiger partial charge in [-0.1, -0.05) is 23.2 Å². The molecule has 1 aromatic carbocycles. The molecule has 0 aliphatic heterocycles. The lowest BCUT2D eigenvalue weighted by Crippen LogP contribution is -1.96. The van der Waals surface area contributed by atoms with E-state index in [-0.39, 0.29) is 16.7 Å². The first kappa shape index (κ1) is 12.4. The number of halogens is 3. The lowest BCUT2D eigenvalue weighted by Gasteiger charge is -2.08. The number of benzene rings is 1. The third-order valence-electron chi connectivity index (χ3n) is 1.89. The van der Waals surface area contributed by atoms with Crippen molar-refractivity contribution in [2.24, 2.45) is 0 Å². The minimum atomic E-state index is 0.168. The smallest absolute Gasteiger partial charge is 0.243 e. The number of hydrogen-bond acceptors (Lipinski definition) is 4. The number of aromatic nitrogens is 2. The Morgan fingerprint density at radius 1 is 1.24 bits per heavy atom. The molecule has 0 radical (unpaired) electrons. The molecular weight excluding hydrogens is 329 g/mol. The summed E-state index contributed by atoms with van der Waals surface area (Å²) >= 11 is 15.1. The Labute approximate surface area is 116 Å². The maximum absolute atomic E-state index is 5.91. The molecule has 0 atom stereocenters. The first-order valence-electron chi connectivity index (χ1n) is 4.47. The molecule has 1 heterocycles. The molecule has 2 aromatic rings. The van der Waals surface area contributed by atoms with E-state index >= 15 is 0 Å². The second-order valence-corrected chi connectivity index (χ2v) is 4.72. The molecule has 0 aliphatic rings. The first-order chi connectivity index (χ1) is 8.08. The largest absolute Gasteiger partial charge is 0.436 e. The predicted octanol–water partition coefficient (Wildman–Crippen LogP) is 3.92. The zero-order valence-electron chi connectivity index (χ0n) is 8.32. The third kappa shape index (κ3) is 2.80. The number of nitrogen functional groups attached to an aromatic ring is 1. The molecule has 0 spiro atoms. The molecular formula is C10H6BrCl2N3O. The van der Waals surface area contributed by atoms with Gasteiger partial charge in [0, 0.05) is 5.02 Å². The highest BCUT2D eigenvalue weighted by molar-refractivity contribution is 9.10. The number of nitrogens with zero attached hydrogens (tertiary/aromatic N) is 2. The maximum Gasteiger partial charge on any atom is 0.243 e. The highest BCUT2D eigenvalue weighted by atomic mass is 79.9. The van der Waals surface area contributed by atoms with Crippen molar-refractivity contribution < 1.29 is 4.74 Å². The van der Waals surface area contributed by atoms with E-state index in [0.29, 0.717) is 15.2 Å². The average Bonchev–Trinajstić information content (AvgIpc) is 2.28. The van der Waals surface area contributed by atoms with E-state index < -0.39 is 0 Å². The van der Waals surface area contributed by atoms with Gasteiger partial charge in [0.05, 0.1) is 4.47 Å². The van der Waals surface area contributed by atoms with Gasteiger partial charge in [-0.05, 0) is 34.1 Å². The van der Waals surface area contributed by atoms with Gasteiger partial charge in [0.25, 0.3) is 0 Å². The van der Waals surface area contributed by atoms with Gasteiger partial charge in [0.1, 0.15) is 22.9 Å². The lowest BCUT2D eigenvalue weighted by atomic mass is 10.3. The van der Waals surface area contributed by atoms with Crippen LogP contribution in [0.2, 0.25) is 10.0 Å². The molecule has 0 saturated carbocycles. The van der Waals surface area contributed by atoms with E-state index in [1.165, 1.54) is 6.33 Å². The van der Waals surface area contributed by atoms with Crippen molar-refractivity contribution >= 4 is 44.9 Å². The second-order valence-electron chi connectivity index (χ2n) is 3.05. The van der Waals surface area contributed by atoms with Gasteiger partial charge in [0.2, 0.25) is 5.88 Å². The molecule has 7 heteroatoms. The zero-order chi connectivity index (χ0) is 12.4. The summed E-state index contributed by atoms with van der Waals surface area (Å²) in [6.45, 7) is 0. The fourth-order valence-corrected chi connectivity index (χ4v) is 2.00. The summed E-state index contributed by atoms with van der Waals surface area (Å²) in [5.74, 6) is 0.901. The number of nitrogens with two attached hydrogens (primary N) is 1. The SMILES string of the molecule is Nc1ncnc(Oc2ccc(Cl)cc2Br)c1Cl. The van der Waals surface area contributed by atoms with Crippen molar-refractivity contribution in [3.8, 4) is 11.6 Å². The van der Waals surface area contributed by atoms with Crippen LogP contribution in [-0.2, 0) is 0 Å². The Balaban J connectivity index is 2.35. The maximum atomic E-state index is 5.91. The van der Waals surface area contributed by atoms with Crippen LogP contribution in [0.25, 0.3) is 0 Å². The highest BCUT2D eigenvalue weighted by Gasteiger charge is 2.10. The van der Waals surface area contributed by atoms with E-state index in [0.717, 1.165) is 0 Å². The standard InChI is InChI=1S/C10H6BrCl2N3O/c11-6-3-5(12)1-2-7(6)17-10-8(13)9(14)15-4-16-10/h1-4H,(H2,14,15,16). The molecule has 0 bridgehead atoms. The Morgan fingerprint density at radius 3 is 2.71 bits per heavy atom. The Morgan fingerprint density at radius 2 is 2.00 bits per heavy atom. The summed E-state index contributed by atoms with van der Waals surface area (Å²) in [5.41, 5.74) is 5.54. The van der Waals surface area contributed by atoms with Gasteiger partial charge in [-0.25, -0.2) is 4.98 Å². The van der Waals surface area contributed by atoms with Crippen molar-refractivity contribution in [1.29, 1.82) is 0 Å². The summed E-state index contributed by atoms with van der Waals surface area (Å²) in [6.07, 6.45) is 1.28. The Bertz CT molecular complexity index is 565. The van der Waals surface area contributed by atoms with Crippen LogP contribution < -0.4 is 10.5 Å². The van der Waals surface area contributed by atoms with Crippen LogP contribution in [0.5, 0.6) is 11.6 Å². The van der Waals surface area contributed by atoms with E-state index in [4.69, 9.17) is 33.7 Å². The van der Waals surface area contributed by atoms with Crippen LogP contribution in [-0.4, -0.2) is 9.97 Å². The number of rotatable bonds is 2. The van der Waals surface area contributed by atoms with Gasteiger partial charge in [0.15, 0.2) is 0 Å². The fraction of sp³-hybridized carbons (Fsp3) is 0. The van der Waals surface area contributed by atoms with Gasteiger partial charge in [-0.3, -0.25) is 0 Å². The average molecular weight is 335 g/mol. The molecule has 0 saturated heterocycles. The van der Waals surface area contributed by atoms with Crippen molar-refractivity contribution in [3.05, 3.63) is 39.0 Å². The molecule has 17 heavy (non-hydrogen) atoms. The monoisotopic (exact) mass is 333 g/mol. The lowest BCUT2D eigenvalue weighted by molar-refractivity contribution is 0.459. The van der Waals surface area contributed by atoms with Crippen molar-refractivity contribution in [3.63, 3.8) is 0 Å². The molecule has 2 N–H and O–H groups in total. The summed E-state index contributed by atoms with van der Waals surface area (Å²) in [7, 11) is 0. The highest BCUT2D eigenvalue weighted by Crippen LogP contribution is 2.34. The van der Waals surface area contributed by atoms with Crippen molar-refractivity contribution in [2.75, 3.05) is 5.73 Å². The van der Waals surface area contributed by atoms with Gasteiger partial charge < -0.3 is 10.5 Å². The van der Waals surface area contributed by atoms with E-state index in [2.05, 4.69) is 25.9 Å². The summed E-state index contributed by atoms with van der Waals surface area (Å²) in [6, 6.07) is 5.09. The van der Waals surface area contributed by atoms with Crippen molar-refractivity contribution in [1.82, 2.24) is 9.97 Å². The van der Waals surface area contributed by atoms with Crippen molar-refractivity contribution in [2.45, 2.75) is 0 Å². The Hall–Kier alpha value is -1.04. The molecule has 1 aromatic heterocycles. The van der Waals surface area contributed by atoms with Gasteiger partial charge >= 0.3 is 0 Å². The fourth-order valence-electron chi connectivity index (χ4n) is 1.10. The van der Waals surface area contributed by atoms with Gasteiger partial charge in [-0.2, -0.15) is 4.98 Å². The molecule has 0 aliphatic carbocycles. The molecule has 0 fully saturated rings. The summed E-state index contributed by atoms with van der Waals surface area (Å²) in [4.78, 5) is 7.64. The van der Waals surface area contributed by atoms with Crippen LogP contribution in [0.3, 0.4) is 0 Å². The van der Waals surface area contributed by atoms with Crippen LogP contribution in [0.15, 0.2) is 29.0 Å². The van der Waals surface area contributed by atoms with Crippen LogP contribution in [0, 0.1) is 0 Å². The second kappa shape index (κ2) is 5.08. The van der Waals surface area contributed by atoms with E-state index in [1.54, 1.807) is 18.2 Å². The number of anilines is 1. The minimum Gasteiger partial charge on any atom is -0.436 e. The minimum absolute atomic E-state index is 0.168. The normalized spacial score (nSPS) is 10.3. The molecule has 4 nitrogen and oxygen atoms in total. The number of ether oxygens (including phenoxy) is 1. The van der Waals surface area contributed by atoms with Gasteiger partial charge in [-0.15, -0.1) is 0 Å². The van der Waals surface area contributed by atoms with Crippen LogP contribution in [0.4, 0.5) is 5.82 Å². The Kier molecular flexibility index (Phi) is 3.71. The molecule has 2 rings (SSSR count). The quantitative estimate of drug-likeness (QED) is 0.904. The van der Waals surface area contributed by atoms with Crippen LogP contribution in [0.1, 0.15) is 0 Å². The molecule has 88 valence electrons. The summed E-state index contributed by atoms with van der Waals surface area (Å²) in [5, 5.41) is 0.770.